The zero-order chi connectivity index (χ0) is 11.9. The first kappa shape index (κ1) is 11.9. The van der Waals surface area contributed by atoms with E-state index in [-0.39, 0.29) is 0 Å². The van der Waals surface area contributed by atoms with Crippen molar-refractivity contribution in [3.8, 4) is 0 Å². The minimum atomic E-state index is 1.02. The molecular weight excluding hydrogens is 206 g/mol. The van der Waals surface area contributed by atoms with E-state index in [1.165, 1.54) is 16.3 Å². The fourth-order valence-electron chi connectivity index (χ4n) is 2.03. The molecule has 0 unspecified atom stereocenters. The van der Waals surface area contributed by atoms with Crippen molar-refractivity contribution in [2.75, 3.05) is 13.6 Å². The van der Waals surface area contributed by atoms with E-state index in [1.807, 2.05) is 7.05 Å². The van der Waals surface area contributed by atoms with Crippen molar-refractivity contribution in [2.24, 2.45) is 0 Å². The van der Waals surface area contributed by atoms with Gasteiger partial charge in [-0.05, 0) is 42.8 Å². The molecule has 0 heterocycles. The molecule has 0 aliphatic rings. The lowest BCUT2D eigenvalue weighted by Gasteiger charge is -2.03. The van der Waals surface area contributed by atoms with Crippen molar-refractivity contribution in [1.82, 2.24) is 5.32 Å². The van der Waals surface area contributed by atoms with Crippen molar-refractivity contribution in [2.45, 2.75) is 12.8 Å². The molecule has 0 radical (unpaired) electrons. The van der Waals surface area contributed by atoms with E-state index < -0.39 is 0 Å². The van der Waals surface area contributed by atoms with Crippen LogP contribution in [0.15, 0.2) is 54.6 Å². The molecule has 0 saturated heterocycles. The number of fused-ring (bicyclic) bond motifs is 1. The van der Waals surface area contributed by atoms with Crippen LogP contribution in [0.2, 0.25) is 0 Å². The molecule has 17 heavy (non-hydrogen) atoms. The molecule has 1 N–H and O–H groups in total. The van der Waals surface area contributed by atoms with E-state index >= 15 is 0 Å². The Kier molecular flexibility index (Phi) is 4.34. The number of allylic oxidation sites excluding steroid dienone is 1. The van der Waals surface area contributed by atoms with Gasteiger partial charge in [0.1, 0.15) is 0 Å². The smallest absolute Gasteiger partial charge is 0.00173 e. The predicted molar refractivity (Wildman–Crippen MR) is 75.3 cm³/mol. The fraction of sp³-hybridized carbons (Fsp3) is 0.250. The first-order valence-electron chi connectivity index (χ1n) is 6.18. The quantitative estimate of drug-likeness (QED) is 0.606. The van der Waals surface area contributed by atoms with Crippen LogP contribution in [0.4, 0.5) is 0 Å². The van der Waals surface area contributed by atoms with Gasteiger partial charge in [-0.15, -0.1) is 0 Å². The maximum absolute atomic E-state index is 3.14. The van der Waals surface area contributed by atoms with Crippen molar-refractivity contribution in [1.29, 1.82) is 0 Å². The van der Waals surface area contributed by atoms with Gasteiger partial charge in [-0.3, -0.25) is 0 Å². The van der Waals surface area contributed by atoms with Gasteiger partial charge in [0, 0.05) is 0 Å². The fourth-order valence-corrected chi connectivity index (χ4v) is 2.03. The normalized spacial score (nSPS) is 11.4. The Morgan fingerprint density at radius 3 is 2.71 bits per heavy atom. The Labute approximate surface area is 103 Å². The van der Waals surface area contributed by atoms with Gasteiger partial charge in [0.2, 0.25) is 0 Å². The van der Waals surface area contributed by atoms with Crippen LogP contribution in [0, 0.1) is 0 Å². The summed E-state index contributed by atoms with van der Waals surface area (Å²) in [5.41, 5.74) is 1.41. The third kappa shape index (κ3) is 3.18. The van der Waals surface area contributed by atoms with Crippen LogP contribution in [-0.4, -0.2) is 13.6 Å². The molecule has 2 aromatic carbocycles. The SMILES string of the molecule is CNCCC=CCc1cccc2ccccc12. The summed E-state index contributed by atoms with van der Waals surface area (Å²) in [7, 11) is 1.98. The lowest BCUT2D eigenvalue weighted by molar-refractivity contribution is 0.806. The Bertz CT molecular complexity index is 494. The highest BCUT2D eigenvalue weighted by Crippen LogP contribution is 2.19. The summed E-state index contributed by atoms with van der Waals surface area (Å²) in [5.74, 6) is 0. The third-order valence-electron chi connectivity index (χ3n) is 2.95. The molecule has 0 aromatic heterocycles. The number of hydrogen-bond donors (Lipinski definition) is 1. The van der Waals surface area contributed by atoms with Gasteiger partial charge in [0.05, 0.1) is 0 Å². The summed E-state index contributed by atoms with van der Waals surface area (Å²) in [6.07, 6.45) is 6.63. The zero-order valence-electron chi connectivity index (χ0n) is 10.3. The average Bonchev–Trinajstić information content (AvgIpc) is 2.39. The summed E-state index contributed by atoms with van der Waals surface area (Å²) in [6.45, 7) is 1.05. The first-order valence-corrected chi connectivity index (χ1v) is 6.18. The van der Waals surface area contributed by atoms with Crippen molar-refractivity contribution in [3.05, 3.63) is 60.2 Å². The minimum Gasteiger partial charge on any atom is -0.319 e. The third-order valence-corrected chi connectivity index (χ3v) is 2.95. The molecule has 0 fully saturated rings. The van der Waals surface area contributed by atoms with E-state index in [1.54, 1.807) is 0 Å². The number of nitrogens with one attached hydrogen (secondary N) is 1. The zero-order valence-corrected chi connectivity index (χ0v) is 10.3. The topological polar surface area (TPSA) is 12.0 Å². The van der Waals surface area contributed by atoms with Gasteiger partial charge in [-0.1, -0.05) is 54.6 Å². The van der Waals surface area contributed by atoms with Gasteiger partial charge in [0.15, 0.2) is 0 Å². The number of benzene rings is 2. The second-order valence-electron chi connectivity index (χ2n) is 4.21. The summed E-state index contributed by atoms with van der Waals surface area (Å²) in [4.78, 5) is 0. The Hall–Kier alpha value is -1.60. The van der Waals surface area contributed by atoms with Gasteiger partial charge < -0.3 is 5.32 Å². The van der Waals surface area contributed by atoms with Crippen LogP contribution in [0.1, 0.15) is 12.0 Å². The Balaban J connectivity index is 2.10. The standard InChI is InChI=1S/C16H19N/c1-17-13-6-2-3-8-14-10-7-11-15-9-4-5-12-16(14)15/h2-5,7,9-12,17H,6,8,13H2,1H3. The van der Waals surface area contributed by atoms with Crippen molar-refractivity contribution < 1.29 is 0 Å². The number of hydrogen-bond acceptors (Lipinski definition) is 1. The Morgan fingerprint density at radius 1 is 1.00 bits per heavy atom. The van der Waals surface area contributed by atoms with Gasteiger partial charge in [-0.25, -0.2) is 0 Å². The highest BCUT2D eigenvalue weighted by molar-refractivity contribution is 5.85. The van der Waals surface area contributed by atoms with E-state index in [4.69, 9.17) is 0 Å². The largest absolute Gasteiger partial charge is 0.319 e. The molecule has 2 aromatic rings. The van der Waals surface area contributed by atoms with Gasteiger partial charge >= 0.3 is 0 Å². The van der Waals surface area contributed by atoms with E-state index in [2.05, 4.69) is 59.9 Å². The minimum absolute atomic E-state index is 1.02. The summed E-state index contributed by atoms with van der Waals surface area (Å²) in [6, 6.07) is 15.1. The van der Waals surface area contributed by atoms with Crippen LogP contribution in [0.3, 0.4) is 0 Å². The first-order chi connectivity index (χ1) is 8.42. The summed E-state index contributed by atoms with van der Waals surface area (Å²) < 4.78 is 0. The molecule has 2 rings (SSSR count). The lowest BCUT2D eigenvalue weighted by atomic mass is 10.0. The molecule has 0 spiro atoms. The maximum atomic E-state index is 3.14. The summed E-state index contributed by atoms with van der Waals surface area (Å²) in [5, 5.41) is 5.84. The Morgan fingerprint density at radius 2 is 1.82 bits per heavy atom. The van der Waals surface area contributed by atoms with Crippen molar-refractivity contribution in [3.63, 3.8) is 0 Å². The maximum Gasteiger partial charge on any atom is -0.00173 e. The van der Waals surface area contributed by atoms with Crippen LogP contribution >= 0.6 is 0 Å². The van der Waals surface area contributed by atoms with Crippen LogP contribution in [0.5, 0.6) is 0 Å². The molecule has 88 valence electrons. The average molecular weight is 225 g/mol. The number of rotatable bonds is 5. The predicted octanol–water partition coefficient (Wildman–Crippen LogP) is 3.55. The van der Waals surface area contributed by atoms with E-state index in [0.717, 1.165) is 19.4 Å². The highest BCUT2D eigenvalue weighted by Gasteiger charge is 1.97. The van der Waals surface area contributed by atoms with Crippen LogP contribution in [0.25, 0.3) is 10.8 Å². The van der Waals surface area contributed by atoms with Crippen molar-refractivity contribution >= 4 is 10.8 Å². The molecule has 0 atom stereocenters. The molecule has 0 amide bonds. The second kappa shape index (κ2) is 6.21. The van der Waals surface area contributed by atoms with E-state index in [0.29, 0.717) is 0 Å². The molecule has 0 aliphatic heterocycles. The van der Waals surface area contributed by atoms with Gasteiger partial charge in [-0.2, -0.15) is 0 Å². The molecular formula is C16H19N. The lowest BCUT2D eigenvalue weighted by Crippen LogP contribution is -2.05. The monoisotopic (exact) mass is 225 g/mol. The summed E-state index contributed by atoms with van der Waals surface area (Å²) >= 11 is 0. The van der Waals surface area contributed by atoms with Crippen LogP contribution in [-0.2, 0) is 6.42 Å². The second-order valence-corrected chi connectivity index (χ2v) is 4.21. The molecule has 0 aliphatic carbocycles. The van der Waals surface area contributed by atoms with Crippen LogP contribution < -0.4 is 5.32 Å². The molecule has 0 bridgehead atoms. The molecule has 0 saturated carbocycles. The molecule has 1 nitrogen and oxygen atoms in total. The molecule has 1 heteroatoms. The van der Waals surface area contributed by atoms with Gasteiger partial charge in [0.25, 0.3) is 0 Å². The van der Waals surface area contributed by atoms with E-state index in [9.17, 15) is 0 Å². The highest BCUT2D eigenvalue weighted by atomic mass is 14.8.